The van der Waals surface area contributed by atoms with Crippen LogP contribution in [0.25, 0.3) is 27.5 Å². The van der Waals surface area contributed by atoms with Crippen LogP contribution < -0.4 is 26.1 Å². The third kappa shape index (κ3) is 4.85. The van der Waals surface area contributed by atoms with Gasteiger partial charge < -0.3 is 20.1 Å². The number of piperazine rings is 1. The van der Waals surface area contributed by atoms with Crippen LogP contribution in [0.5, 0.6) is 0 Å². The van der Waals surface area contributed by atoms with Gasteiger partial charge in [0.05, 0.1) is 27.8 Å². The minimum atomic E-state index is -0.504. The number of aromatic amines is 1. The molecule has 1 fully saturated rings. The van der Waals surface area contributed by atoms with Gasteiger partial charge in [-0.1, -0.05) is 60.1 Å². The fraction of sp³-hybridized carbons (Fsp3) is 0.176. The Hall–Kier alpha value is -5.15. The molecule has 3 aromatic heterocycles. The number of nitrogens with zero attached hydrogens (tertiary/aromatic N) is 5. The molecule has 0 bridgehead atoms. The maximum atomic E-state index is 14.6. The van der Waals surface area contributed by atoms with Gasteiger partial charge in [0.1, 0.15) is 23.2 Å². The Bertz CT molecular complexity index is 2080. The van der Waals surface area contributed by atoms with Crippen molar-refractivity contribution in [3.8, 4) is 5.69 Å². The molecule has 44 heavy (non-hydrogen) atoms. The van der Waals surface area contributed by atoms with Gasteiger partial charge in [0.15, 0.2) is 5.43 Å². The largest absolute Gasteiger partial charge is 0.368 e. The molecule has 1 aliphatic rings. The van der Waals surface area contributed by atoms with Crippen LogP contribution in [0, 0.1) is 0 Å². The van der Waals surface area contributed by atoms with Crippen LogP contribution in [0.4, 0.5) is 17.2 Å². The number of hydrogen-bond acceptors (Lipinski definition) is 7. The lowest BCUT2D eigenvalue weighted by Crippen LogP contribution is -2.47. The molecule has 1 atom stereocenters. The Morgan fingerprint density at radius 3 is 2.20 bits per heavy atom. The maximum Gasteiger partial charge on any atom is 0.265 e. The van der Waals surface area contributed by atoms with Crippen LogP contribution in [0.1, 0.15) is 18.7 Å². The molecule has 9 nitrogen and oxygen atoms in total. The van der Waals surface area contributed by atoms with Gasteiger partial charge in [0, 0.05) is 55.2 Å². The van der Waals surface area contributed by atoms with Crippen molar-refractivity contribution in [1.82, 2.24) is 19.5 Å². The third-order valence-electron chi connectivity index (χ3n) is 8.23. The molecular weight excluding hydrogens is 574 g/mol. The van der Waals surface area contributed by atoms with Crippen molar-refractivity contribution < 1.29 is 0 Å². The Balaban J connectivity index is 1.34. The SMILES string of the molecule is C[C@H](Nc1ncnc2[nH]ccc(=O)c12)c1c(Cl)c2cccc(N3CCN(c4ccccc4)CC3)c2c(=O)n1-c1ccccc1. The summed E-state index contributed by atoms with van der Waals surface area (Å²) in [6.45, 7) is 5.12. The quantitative estimate of drug-likeness (QED) is 0.249. The number of halogens is 1. The molecule has 4 heterocycles. The summed E-state index contributed by atoms with van der Waals surface area (Å²) in [6.07, 6.45) is 2.95. The maximum absolute atomic E-state index is 14.6. The molecule has 0 aliphatic carbocycles. The smallest absolute Gasteiger partial charge is 0.265 e. The van der Waals surface area contributed by atoms with Crippen molar-refractivity contribution in [2.24, 2.45) is 0 Å². The highest BCUT2D eigenvalue weighted by Crippen LogP contribution is 2.36. The van der Waals surface area contributed by atoms with Crippen LogP contribution in [-0.2, 0) is 0 Å². The minimum Gasteiger partial charge on any atom is -0.368 e. The van der Waals surface area contributed by atoms with Crippen molar-refractivity contribution in [2.75, 3.05) is 41.3 Å². The monoisotopic (exact) mass is 603 g/mol. The summed E-state index contributed by atoms with van der Waals surface area (Å²) in [6, 6.07) is 26.7. The lowest BCUT2D eigenvalue weighted by Gasteiger charge is -2.38. The molecule has 10 heteroatoms. The van der Waals surface area contributed by atoms with E-state index < -0.39 is 6.04 Å². The number of nitrogens with one attached hydrogen (secondary N) is 2. The number of rotatable bonds is 6. The predicted molar refractivity (Wildman–Crippen MR) is 178 cm³/mol. The second-order valence-electron chi connectivity index (χ2n) is 10.8. The van der Waals surface area contributed by atoms with Gasteiger partial charge in [0.25, 0.3) is 5.56 Å². The van der Waals surface area contributed by atoms with E-state index in [2.05, 4.69) is 54.3 Å². The molecule has 0 amide bonds. The number of fused-ring (bicyclic) bond motifs is 2. The second kappa shape index (κ2) is 11.5. The van der Waals surface area contributed by atoms with Crippen LogP contribution >= 0.6 is 11.6 Å². The topological polar surface area (TPSA) is 99.2 Å². The Labute approximate surface area is 258 Å². The van der Waals surface area contributed by atoms with Gasteiger partial charge >= 0.3 is 0 Å². The fourth-order valence-corrected chi connectivity index (χ4v) is 6.53. The first-order valence-corrected chi connectivity index (χ1v) is 15.0. The summed E-state index contributed by atoms with van der Waals surface area (Å²) in [5.41, 5.74) is 3.38. The fourth-order valence-electron chi connectivity index (χ4n) is 6.12. The molecule has 0 saturated carbocycles. The lowest BCUT2D eigenvalue weighted by molar-refractivity contribution is 0.654. The molecule has 2 N–H and O–H groups in total. The van der Waals surface area contributed by atoms with E-state index in [9.17, 15) is 9.59 Å². The Kier molecular flexibility index (Phi) is 7.23. The van der Waals surface area contributed by atoms with Crippen molar-refractivity contribution in [2.45, 2.75) is 13.0 Å². The standard InChI is InChI=1S/C34H30ClN7O2/c1-22(39-33-29-27(43)15-16-36-32(29)37-21-38-33)31-30(35)25-13-8-14-26(28(25)34(44)42(31)24-11-6-3-7-12-24)41-19-17-40(18-20-41)23-9-4-2-5-10-23/h2-16,21-22H,17-20H2,1H3,(H2,36,37,38,39,43)/t22-/m0/s1. The van der Waals surface area contributed by atoms with E-state index in [0.29, 0.717) is 44.0 Å². The lowest BCUT2D eigenvalue weighted by atomic mass is 10.0. The van der Waals surface area contributed by atoms with E-state index in [1.165, 1.54) is 18.1 Å². The predicted octanol–water partition coefficient (Wildman–Crippen LogP) is 5.78. The second-order valence-corrected chi connectivity index (χ2v) is 11.2. The van der Waals surface area contributed by atoms with Gasteiger partial charge in [-0.25, -0.2) is 9.97 Å². The van der Waals surface area contributed by atoms with Gasteiger partial charge in [-0.15, -0.1) is 0 Å². The molecule has 0 spiro atoms. The van der Waals surface area contributed by atoms with Crippen LogP contribution in [0.15, 0.2) is 107 Å². The average molecular weight is 604 g/mol. The van der Waals surface area contributed by atoms with Crippen molar-refractivity contribution in [3.63, 3.8) is 0 Å². The first-order valence-electron chi connectivity index (χ1n) is 14.6. The summed E-state index contributed by atoms with van der Waals surface area (Å²) >= 11 is 7.27. The summed E-state index contributed by atoms with van der Waals surface area (Å²) in [5, 5.41) is 5.41. The molecule has 0 radical (unpaired) electrons. The normalized spacial score (nSPS) is 14.2. The van der Waals surface area contributed by atoms with E-state index in [1.807, 2.05) is 61.5 Å². The van der Waals surface area contributed by atoms with Crippen LogP contribution in [0.2, 0.25) is 5.02 Å². The van der Waals surface area contributed by atoms with Gasteiger partial charge in [-0.3, -0.25) is 14.2 Å². The highest BCUT2D eigenvalue weighted by Gasteiger charge is 2.26. The Morgan fingerprint density at radius 2 is 1.48 bits per heavy atom. The number of H-pyrrole nitrogens is 1. The first-order chi connectivity index (χ1) is 21.5. The number of anilines is 3. The van der Waals surface area contributed by atoms with Crippen LogP contribution in [-0.4, -0.2) is 45.7 Å². The summed E-state index contributed by atoms with van der Waals surface area (Å²) in [7, 11) is 0. The van der Waals surface area contributed by atoms with E-state index in [1.54, 1.807) is 10.8 Å². The van der Waals surface area contributed by atoms with E-state index in [0.717, 1.165) is 31.9 Å². The number of para-hydroxylation sites is 2. The van der Waals surface area contributed by atoms with Gasteiger partial charge in [-0.05, 0) is 37.3 Å². The highest BCUT2D eigenvalue weighted by molar-refractivity contribution is 6.36. The number of benzene rings is 3. The Morgan fingerprint density at radius 1 is 0.795 bits per heavy atom. The highest BCUT2D eigenvalue weighted by atomic mass is 35.5. The van der Waals surface area contributed by atoms with Gasteiger partial charge in [0.2, 0.25) is 0 Å². The number of pyridine rings is 2. The molecule has 3 aromatic carbocycles. The zero-order chi connectivity index (χ0) is 30.2. The molecular formula is C34H30ClN7O2. The molecule has 0 unspecified atom stereocenters. The van der Waals surface area contributed by atoms with Crippen LogP contribution in [0.3, 0.4) is 0 Å². The molecule has 220 valence electrons. The zero-order valence-electron chi connectivity index (χ0n) is 24.1. The first kappa shape index (κ1) is 27.7. The van der Waals surface area contributed by atoms with Crippen molar-refractivity contribution >= 4 is 50.6 Å². The molecule has 1 aliphatic heterocycles. The van der Waals surface area contributed by atoms with E-state index >= 15 is 0 Å². The summed E-state index contributed by atoms with van der Waals surface area (Å²) in [5.74, 6) is 0.359. The zero-order valence-corrected chi connectivity index (χ0v) is 24.8. The van der Waals surface area contributed by atoms with E-state index in [-0.39, 0.29) is 11.0 Å². The molecule has 6 aromatic rings. The van der Waals surface area contributed by atoms with E-state index in [4.69, 9.17) is 11.6 Å². The van der Waals surface area contributed by atoms with Crippen molar-refractivity contribution in [1.29, 1.82) is 0 Å². The van der Waals surface area contributed by atoms with Gasteiger partial charge in [-0.2, -0.15) is 0 Å². The average Bonchev–Trinajstić information content (AvgIpc) is 3.07. The summed E-state index contributed by atoms with van der Waals surface area (Å²) in [4.78, 5) is 43.6. The summed E-state index contributed by atoms with van der Waals surface area (Å²) < 4.78 is 1.68. The minimum absolute atomic E-state index is 0.161. The number of aromatic nitrogens is 4. The number of hydrogen-bond donors (Lipinski definition) is 2. The third-order valence-corrected chi connectivity index (χ3v) is 8.63. The van der Waals surface area contributed by atoms with Crippen molar-refractivity contribution in [3.05, 3.63) is 129 Å². The molecule has 7 rings (SSSR count). The molecule has 1 saturated heterocycles.